The number of nitrogens with one attached hydrogen (secondary N) is 1. The van der Waals surface area contributed by atoms with Gasteiger partial charge in [-0.1, -0.05) is 37.8 Å². The van der Waals surface area contributed by atoms with Gasteiger partial charge in [-0.3, -0.25) is 14.4 Å². The molecule has 1 amide bonds. The smallest absolute Gasteiger partial charge is 0.273 e. The van der Waals surface area contributed by atoms with E-state index in [0.29, 0.717) is 12.2 Å². The molecule has 1 aromatic rings. The van der Waals surface area contributed by atoms with Gasteiger partial charge >= 0.3 is 0 Å². The monoisotopic (exact) mass is 323 g/mol. The van der Waals surface area contributed by atoms with Crippen LogP contribution in [0.1, 0.15) is 49.5 Å². The van der Waals surface area contributed by atoms with Gasteiger partial charge in [-0.2, -0.15) is 0 Å². The number of hydrogen-bond donors (Lipinski definition) is 1. The largest absolute Gasteiger partial charge is 0.379 e. The number of hydrogen-bond acceptors (Lipinski definition) is 5. The average Bonchev–Trinajstić information content (AvgIpc) is 3.04. The Morgan fingerprint density at radius 3 is 2.78 bits per heavy atom. The average molecular weight is 323 g/mol. The number of ether oxygens (including phenoxy) is 1. The molecule has 0 radical (unpaired) electrons. The normalized spacial score (nSPS) is 15.7. The van der Waals surface area contributed by atoms with Crippen LogP contribution in [0.2, 0.25) is 0 Å². The van der Waals surface area contributed by atoms with Gasteiger partial charge in [0.2, 0.25) is 0 Å². The van der Waals surface area contributed by atoms with Crippen LogP contribution in [0.3, 0.4) is 0 Å². The summed E-state index contributed by atoms with van der Waals surface area (Å²) in [5.74, 6) is -0.143. The van der Waals surface area contributed by atoms with Gasteiger partial charge in [0, 0.05) is 32.7 Å². The summed E-state index contributed by atoms with van der Waals surface area (Å²) in [5.41, 5.74) is 0.403. The summed E-state index contributed by atoms with van der Waals surface area (Å²) < 4.78 is 7.07. The highest BCUT2D eigenvalue weighted by atomic mass is 16.5. The van der Waals surface area contributed by atoms with Gasteiger partial charge in [-0.05, 0) is 6.42 Å². The van der Waals surface area contributed by atoms with E-state index in [2.05, 4.69) is 27.5 Å². The van der Waals surface area contributed by atoms with Crippen LogP contribution < -0.4 is 5.32 Å². The van der Waals surface area contributed by atoms with Crippen molar-refractivity contribution in [2.45, 2.75) is 45.6 Å². The van der Waals surface area contributed by atoms with E-state index < -0.39 is 0 Å². The summed E-state index contributed by atoms with van der Waals surface area (Å²) in [6.45, 7) is 7.94. The third-order valence-corrected chi connectivity index (χ3v) is 4.08. The molecule has 1 aromatic heterocycles. The van der Waals surface area contributed by atoms with E-state index in [0.717, 1.165) is 45.8 Å². The number of nitrogens with zero attached hydrogens (tertiary/aromatic N) is 4. The fourth-order valence-corrected chi connectivity index (χ4v) is 2.63. The zero-order valence-corrected chi connectivity index (χ0v) is 14.2. The van der Waals surface area contributed by atoms with Crippen molar-refractivity contribution in [3.8, 4) is 0 Å². The van der Waals surface area contributed by atoms with Crippen LogP contribution in [0.25, 0.3) is 0 Å². The minimum atomic E-state index is -0.143. The maximum atomic E-state index is 12.0. The molecule has 0 aliphatic carbocycles. The predicted molar refractivity (Wildman–Crippen MR) is 88.4 cm³/mol. The Balaban J connectivity index is 1.62. The van der Waals surface area contributed by atoms with Crippen LogP contribution in [0.15, 0.2) is 6.20 Å². The summed E-state index contributed by atoms with van der Waals surface area (Å²) in [6, 6.07) is 0. The Kier molecular flexibility index (Phi) is 8.03. The second-order valence-electron chi connectivity index (χ2n) is 5.99. The topological polar surface area (TPSA) is 72.3 Å². The summed E-state index contributed by atoms with van der Waals surface area (Å²) in [6.07, 6.45) is 7.83. The molecule has 1 aliphatic rings. The molecule has 0 aromatic carbocycles. The van der Waals surface area contributed by atoms with Crippen molar-refractivity contribution in [1.29, 1.82) is 0 Å². The lowest BCUT2D eigenvalue weighted by molar-refractivity contribution is 0.0383. The Labute approximate surface area is 138 Å². The van der Waals surface area contributed by atoms with Crippen LogP contribution in [-0.2, 0) is 11.3 Å². The third kappa shape index (κ3) is 6.66. The van der Waals surface area contributed by atoms with Crippen molar-refractivity contribution in [3.05, 3.63) is 11.9 Å². The van der Waals surface area contributed by atoms with Crippen LogP contribution >= 0.6 is 0 Å². The first-order chi connectivity index (χ1) is 11.3. The van der Waals surface area contributed by atoms with Crippen LogP contribution in [-0.4, -0.2) is 65.2 Å². The van der Waals surface area contributed by atoms with Gasteiger partial charge in [-0.25, -0.2) is 0 Å². The van der Waals surface area contributed by atoms with Crippen molar-refractivity contribution in [2.24, 2.45) is 0 Å². The second-order valence-corrected chi connectivity index (χ2v) is 5.99. The lowest BCUT2D eigenvalue weighted by Gasteiger charge is -2.26. The SMILES string of the molecule is CCCCCCCn1cc(C(=O)NCCN2CCOCC2)nn1. The van der Waals surface area contributed by atoms with E-state index >= 15 is 0 Å². The Hall–Kier alpha value is -1.47. The summed E-state index contributed by atoms with van der Waals surface area (Å²) in [5, 5.41) is 10.9. The van der Waals surface area contributed by atoms with E-state index in [4.69, 9.17) is 4.74 Å². The molecule has 1 fully saturated rings. The molecule has 2 rings (SSSR count). The van der Waals surface area contributed by atoms with Gasteiger partial charge in [0.25, 0.3) is 5.91 Å². The van der Waals surface area contributed by atoms with E-state index in [1.807, 2.05) is 0 Å². The van der Waals surface area contributed by atoms with Crippen molar-refractivity contribution >= 4 is 5.91 Å². The van der Waals surface area contributed by atoms with Gasteiger partial charge in [0.05, 0.1) is 19.4 Å². The van der Waals surface area contributed by atoms with E-state index in [1.54, 1.807) is 10.9 Å². The zero-order chi connectivity index (χ0) is 16.3. The number of rotatable bonds is 10. The molecular formula is C16H29N5O2. The van der Waals surface area contributed by atoms with Gasteiger partial charge in [0.1, 0.15) is 0 Å². The zero-order valence-electron chi connectivity index (χ0n) is 14.2. The molecule has 0 spiro atoms. The van der Waals surface area contributed by atoms with E-state index in [9.17, 15) is 4.79 Å². The number of aryl methyl sites for hydroxylation is 1. The molecule has 7 nitrogen and oxygen atoms in total. The summed E-state index contributed by atoms with van der Waals surface area (Å²) >= 11 is 0. The molecule has 2 heterocycles. The molecule has 0 saturated carbocycles. The number of unbranched alkanes of at least 4 members (excludes halogenated alkanes) is 4. The number of carbonyl (C=O) groups excluding carboxylic acids is 1. The quantitative estimate of drug-likeness (QED) is 0.657. The first-order valence-electron chi connectivity index (χ1n) is 8.78. The molecule has 1 aliphatic heterocycles. The Bertz CT molecular complexity index is 457. The maximum absolute atomic E-state index is 12.0. The van der Waals surface area contributed by atoms with Crippen LogP contribution in [0.4, 0.5) is 0 Å². The van der Waals surface area contributed by atoms with Crippen LogP contribution in [0, 0.1) is 0 Å². The molecule has 0 atom stereocenters. The molecule has 0 bridgehead atoms. The number of aromatic nitrogens is 3. The van der Waals surface area contributed by atoms with Crippen molar-refractivity contribution in [2.75, 3.05) is 39.4 Å². The summed E-state index contributed by atoms with van der Waals surface area (Å²) in [7, 11) is 0. The highest BCUT2D eigenvalue weighted by Gasteiger charge is 2.13. The molecule has 1 saturated heterocycles. The van der Waals surface area contributed by atoms with Gasteiger partial charge in [-0.15, -0.1) is 5.10 Å². The Morgan fingerprint density at radius 2 is 2.00 bits per heavy atom. The fourth-order valence-electron chi connectivity index (χ4n) is 2.63. The summed E-state index contributed by atoms with van der Waals surface area (Å²) in [4.78, 5) is 14.3. The van der Waals surface area contributed by atoms with Gasteiger partial charge in [0.15, 0.2) is 5.69 Å². The van der Waals surface area contributed by atoms with Gasteiger partial charge < -0.3 is 10.1 Å². The first kappa shape index (κ1) is 17.9. The molecule has 130 valence electrons. The lowest BCUT2D eigenvalue weighted by atomic mass is 10.1. The van der Waals surface area contributed by atoms with E-state index in [1.165, 1.54) is 25.7 Å². The molecule has 23 heavy (non-hydrogen) atoms. The lowest BCUT2D eigenvalue weighted by Crippen LogP contribution is -2.41. The van der Waals surface area contributed by atoms with Crippen molar-refractivity contribution in [3.63, 3.8) is 0 Å². The number of morpholine rings is 1. The maximum Gasteiger partial charge on any atom is 0.273 e. The van der Waals surface area contributed by atoms with E-state index in [-0.39, 0.29) is 5.91 Å². The minimum absolute atomic E-state index is 0.143. The minimum Gasteiger partial charge on any atom is -0.379 e. The Morgan fingerprint density at radius 1 is 1.22 bits per heavy atom. The fraction of sp³-hybridized carbons (Fsp3) is 0.812. The molecule has 1 N–H and O–H groups in total. The standard InChI is InChI=1S/C16H29N5O2/c1-2-3-4-5-6-8-21-14-15(18-19-21)16(22)17-7-9-20-10-12-23-13-11-20/h14H,2-13H2,1H3,(H,17,22). The predicted octanol–water partition coefficient (Wildman–Crippen LogP) is 1.31. The third-order valence-electron chi connectivity index (χ3n) is 4.08. The highest BCUT2D eigenvalue weighted by Crippen LogP contribution is 2.04. The van der Waals surface area contributed by atoms with Crippen molar-refractivity contribution in [1.82, 2.24) is 25.2 Å². The molecule has 7 heteroatoms. The second kappa shape index (κ2) is 10.3. The van der Waals surface area contributed by atoms with Crippen LogP contribution in [0.5, 0.6) is 0 Å². The molecular weight excluding hydrogens is 294 g/mol. The number of amides is 1. The van der Waals surface area contributed by atoms with Crippen molar-refractivity contribution < 1.29 is 9.53 Å². The number of carbonyl (C=O) groups is 1. The highest BCUT2D eigenvalue weighted by molar-refractivity contribution is 5.91. The first-order valence-corrected chi connectivity index (χ1v) is 8.78. The molecule has 0 unspecified atom stereocenters.